The van der Waals surface area contributed by atoms with Gasteiger partial charge in [-0.1, -0.05) is 0 Å². The van der Waals surface area contributed by atoms with Crippen LogP contribution >= 0.6 is 0 Å². The summed E-state index contributed by atoms with van der Waals surface area (Å²) < 4.78 is 1.75. The monoisotopic (exact) mass is 179 g/mol. The van der Waals surface area contributed by atoms with Gasteiger partial charge >= 0.3 is 0 Å². The SMILES string of the molecule is CC(=O)Cc1cc(C(C)=O)n(C)c1. The molecule has 0 saturated heterocycles. The van der Waals surface area contributed by atoms with Crippen LogP contribution in [0.4, 0.5) is 0 Å². The van der Waals surface area contributed by atoms with Crippen LogP contribution in [0.3, 0.4) is 0 Å². The number of ketones is 2. The number of hydrogen-bond donors (Lipinski definition) is 0. The van der Waals surface area contributed by atoms with Crippen molar-refractivity contribution < 1.29 is 9.59 Å². The van der Waals surface area contributed by atoms with Gasteiger partial charge in [0.2, 0.25) is 0 Å². The van der Waals surface area contributed by atoms with E-state index in [4.69, 9.17) is 0 Å². The number of aryl methyl sites for hydroxylation is 1. The molecule has 70 valence electrons. The van der Waals surface area contributed by atoms with Gasteiger partial charge in [0, 0.05) is 26.6 Å². The topological polar surface area (TPSA) is 39.1 Å². The van der Waals surface area contributed by atoms with Crippen LogP contribution in [-0.2, 0) is 18.3 Å². The Morgan fingerprint density at radius 1 is 1.38 bits per heavy atom. The average Bonchev–Trinajstić information content (AvgIpc) is 2.29. The van der Waals surface area contributed by atoms with Crippen molar-refractivity contribution in [1.82, 2.24) is 4.57 Å². The fourth-order valence-electron chi connectivity index (χ4n) is 1.37. The van der Waals surface area contributed by atoms with Crippen molar-refractivity contribution in [2.75, 3.05) is 0 Å². The molecular weight excluding hydrogens is 166 g/mol. The van der Waals surface area contributed by atoms with Crippen molar-refractivity contribution >= 4 is 11.6 Å². The minimum Gasteiger partial charge on any atom is -0.348 e. The largest absolute Gasteiger partial charge is 0.348 e. The first-order valence-corrected chi connectivity index (χ1v) is 4.16. The van der Waals surface area contributed by atoms with Gasteiger partial charge in [0.25, 0.3) is 0 Å². The molecule has 0 aromatic carbocycles. The summed E-state index contributed by atoms with van der Waals surface area (Å²) in [6.45, 7) is 3.06. The third kappa shape index (κ3) is 2.28. The van der Waals surface area contributed by atoms with Gasteiger partial charge in [-0.2, -0.15) is 0 Å². The standard InChI is InChI=1S/C10H13NO2/c1-7(12)4-9-5-10(8(2)13)11(3)6-9/h5-6H,4H2,1-3H3. The molecule has 0 aliphatic carbocycles. The molecule has 1 rings (SSSR count). The third-order valence-corrected chi connectivity index (χ3v) is 1.88. The zero-order valence-corrected chi connectivity index (χ0v) is 8.13. The van der Waals surface area contributed by atoms with Crippen molar-refractivity contribution in [2.45, 2.75) is 20.3 Å². The molecule has 1 aromatic heterocycles. The highest BCUT2D eigenvalue weighted by molar-refractivity contribution is 5.93. The fraction of sp³-hybridized carbons (Fsp3) is 0.400. The first kappa shape index (κ1) is 9.71. The normalized spacial score (nSPS) is 10.1. The second-order valence-electron chi connectivity index (χ2n) is 3.28. The maximum absolute atomic E-state index is 11.1. The molecule has 0 radical (unpaired) electrons. The number of nitrogens with zero attached hydrogens (tertiary/aromatic N) is 1. The number of Topliss-reactive ketones (excluding diaryl/α,β-unsaturated/α-hetero) is 2. The predicted octanol–water partition coefficient (Wildman–Crippen LogP) is 1.36. The molecule has 0 atom stereocenters. The number of rotatable bonds is 3. The number of carbonyl (C=O) groups is 2. The maximum atomic E-state index is 11.1. The van der Waals surface area contributed by atoms with Crippen molar-refractivity contribution in [2.24, 2.45) is 7.05 Å². The van der Waals surface area contributed by atoms with Crippen LogP contribution in [0.1, 0.15) is 29.9 Å². The molecule has 0 fully saturated rings. The van der Waals surface area contributed by atoms with E-state index in [1.165, 1.54) is 6.92 Å². The van der Waals surface area contributed by atoms with E-state index in [1.807, 2.05) is 6.20 Å². The lowest BCUT2D eigenvalue weighted by Gasteiger charge is -1.94. The van der Waals surface area contributed by atoms with E-state index in [-0.39, 0.29) is 11.6 Å². The second kappa shape index (κ2) is 3.56. The van der Waals surface area contributed by atoms with E-state index in [0.717, 1.165) is 5.56 Å². The summed E-state index contributed by atoms with van der Waals surface area (Å²) >= 11 is 0. The summed E-state index contributed by atoms with van der Waals surface area (Å²) in [6.07, 6.45) is 2.22. The summed E-state index contributed by atoms with van der Waals surface area (Å²) in [5, 5.41) is 0. The molecule has 0 spiro atoms. The van der Waals surface area contributed by atoms with Gasteiger partial charge in [-0.05, 0) is 18.6 Å². The number of carbonyl (C=O) groups excluding carboxylic acids is 2. The summed E-state index contributed by atoms with van der Waals surface area (Å²) in [4.78, 5) is 21.9. The van der Waals surface area contributed by atoms with Crippen LogP contribution in [0.15, 0.2) is 12.3 Å². The van der Waals surface area contributed by atoms with Crippen LogP contribution in [-0.4, -0.2) is 16.1 Å². The van der Waals surface area contributed by atoms with Gasteiger partial charge in [-0.3, -0.25) is 9.59 Å². The third-order valence-electron chi connectivity index (χ3n) is 1.88. The molecule has 3 nitrogen and oxygen atoms in total. The molecule has 0 aliphatic rings. The van der Waals surface area contributed by atoms with Crippen molar-refractivity contribution in [3.63, 3.8) is 0 Å². The molecule has 0 saturated carbocycles. The van der Waals surface area contributed by atoms with E-state index >= 15 is 0 Å². The summed E-state index contributed by atoms with van der Waals surface area (Å²) in [7, 11) is 1.81. The van der Waals surface area contributed by atoms with Crippen molar-refractivity contribution in [1.29, 1.82) is 0 Å². The molecule has 0 N–H and O–H groups in total. The maximum Gasteiger partial charge on any atom is 0.176 e. The number of hydrogen-bond acceptors (Lipinski definition) is 2. The van der Waals surface area contributed by atoms with E-state index in [9.17, 15) is 9.59 Å². The van der Waals surface area contributed by atoms with Crippen molar-refractivity contribution in [3.8, 4) is 0 Å². The first-order chi connectivity index (χ1) is 6.00. The van der Waals surface area contributed by atoms with Gasteiger partial charge in [0.15, 0.2) is 5.78 Å². The smallest absolute Gasteiger partial charge is 0.176 e. The molecule has 0 bridgehead atoms. The highest BCUT2D eigenvalue weighted by Gasteiger charge is 2.07. The van der Waals surface area contributed by atoms with Crippen LogP contribution < -0.4 is 0 Å². The molecule has 0 aliphatic heterocycles. The van der Waals surface area contributed by atoms with E-state index < -0.39 is 0 Å². The Balaban J connectivity index is 2.95. The molecule has 0 unspecified atom stereocenters. The van der Waals surface area contributed by atoms with Crippen LogP contribution in [0.2, 0.25) is 0 Å². The Bertz CT molecular complexity index is 350. The minimum absolute atomic E-state index is 0.0253. The average molecular weight is 179 g/mol. The van der Waals surface area contributed by atoms with Gasteiger partial charge < -0.3 is 4.57 Å². The van der Waals surface area contributed by atoms with Crippen LogP contribution in [0.5, 0.6) is 0 Å². The lowest BCUT2D eigenvalue weighted by molar-refractivity contribution is -0.116. The Morgan fingerprint density at radius 3 is 2.38 bits per heavy atom. The van der Waals surface area contributed by atoms with Gasteiger partial charge in [0.05, 0.1) is 5.69 Å². The molecule has 13 heavy (non-hydrogen) atoms. The summed E-state index contributed by atoms with van der Waals surface area (Å²) in [5.74, 6) is 0.137. The highest BCUT2D eigenvalue weighted by Crippen LogP contribution is 2.08. The molecule has 1 aromatic rings. The van der Waals surface area contributed by atoms with Crippen LogP contribution in [0, 0.1) is 0 Å². The van der Waals surface area contributed by atoms with E-state index in [2.05, 4.69) is 0 Å². The summed E-state index contributed by atoms with van der Waals surface area (Å²) in [6, 6.07) is 1.77. The lowest BCUT2D eigenvalue weighted by atomic mass is 10.2. The highest BCUT2D eigenvalue weighted by atomic mass is 16.1. The Labute approximate surface area is 77.4 Å². The molecular formula is C10H13NO2. The van der Waals surface area contributed by atoms with E-state index in [0.29, 0.717) is 12.1 Å². The zero-order valence-electron chi connectivity index (χ0n) is 8.13. The lowest BCUT2D eigenvalue weighted by Crippen LogP contribution is -1.99. The fourth-order valence-corrected chi connectivity index (χ4v) is 1.37. The molecule has 0 amide bonds. The second-order valence-corrected chi connectivity index (χ2v) is 3.28. The van der Waals surface area contributed by atoms with Crippen LogP contribution in [0.25, 0.3) is 0 Å². The number of aromatic nitrogens is 1. The minimum atomic E-state index is 0.0253. The van der Waals surface area contributed by atoms with Gasteiger partial charge in [-0.25, -0.2) is 0 Å². The van der Waals surface area contributed by atoms with Gasteiger partial charge in [0.1, 0.15) is 5.78 Å². The first-order valence-electron chi connectivity index (χ1n) is 4.16. The molecule has 3 heteroatoms. The Morgan fingerprint density at radius 2 is 2.00 bits per heavy atom. The van der Waals surface area contributed by atoms with Crippen molar-refractivity contribution in [3.05, 3.63) is 23.5 Å². The van der Waals surface area contributed by atoms with E-state index in [1.54, 1.807) is 24.6 Å². The molecule has 1 heterocycles. The quantitative estimate of drug-likeness (QED) is 0.657. The zero-order chi connectivity index (χ0) is 10.0. The Kier molecular flexibility index (Phi) is 2.66. The predicted molar refractivity (Wildman–Crippen MR) is 49.8 cm³/mol. The summed E-state index contributed by atoms with van der Waals surface area (Å²) in [5.41, 5.74) is 1.55. The van der Waals surface area contributed by atoms with Gasteiger partial charge in [-0.15, -0.1) is 0 Å². The Hall–Kier alpha value is -1.38.